The van der Waals surface area contributed by atoms with Crippen LogP contribution in [0.5, 0.6) is 0 Å². The van der Waals surface area contributed by atoms with Gasteiger partial charge in [0.05, 0.1) is 10.0 Å². The van der Waals surface area contributed by atoms with Gasteiger partial charge in [0.15, 0.2) is 5.78 Å². The van der Waals surface area contributed by atoms with E-state index < -0.39 is 0 Å². The summed E-state index contributed by atoms with van der Waals surface area (Å²) in [6.07, 6.45) is 3.06. The molecular weight excluding hydrogens is 271 g/mol. The molecule has 0 saturated heterocycles. The van der Waals surface area contributed by atoms with E-state index in [1.54, 1.807) is 30.3 Å². The van der Waals surface area contributed by atoms with Gasteiger partial charge in [-0.15, -0.1) is 0 Å². The monoisotopic (exact) mass is 280 g/mol. The molecule has 4 heteroatoms. The largest absolute Gasteiger partial charge is 0.457 e. The second-order valence-corrected chi connectivity index (χ2v) is 4.53. The molecule has 1 heterocycles. The molecule has 0 spiro atoms. The van der Waals surface area contributed by atoms with Crippen LogP contribution in [0.15, 0.2) is 40.8 Å². The molecule has 0 saturated carbocycles. The quantitative estimate of drug-likeness (QED) is 0.752. The van der Waals surface area contributed by atoms with Gasteiger partial charge in [0.25, 0.3) is 0 Å². The van der Waals surface area contributed by atoms with Gasteiger partial charge >= 0.3 is 0 Å². The summed E-state index contributed by atoms with van der Waals surface area (Å²) in [6.45, 7) is 1.48. The molecule has 0 N–H and O–H groups in total. The van der Waals surface area contributed by atoms with E-state index in [0.717, 1.165) is 5.56 Å². The van der Waals surface area contributed by atoms with Crippen molar-refractivity contribution in [3.05, 3.63) is 52.2 Å². The number of halogens is 2. The third-order valence-corrected chi connectivity index (χ3v) is 3.15. The first-order valence-electron chi connectivity index (χ1n) is 5.31. The van der Waals surface area contributed by atoms with Crippen LogP contribution in [0.25, 0.3) is 17.4 Å². The molecule has 0 bridgehead atoms. The summed E-state index contributed by atoms with van der Waals surface area (Å²) < 4.78 is 5.57. The van der Waals surface area contributed by atoms with Crippen molar-refractivity contribution in [2.75, 3.05) is 0 Å². The molecule has 0 aliphatic carbocycles. The second-order valence-electron chi connectivity index (χ2n) is 3.75. The van der Waals surface area contributed by atoms with E-state index in [1.165, 1.54) is 13.0 Å². The first-order valence-corrected chi connectivity index (χ1v) is 6.06. The third kappa shape index (κ3) is 2.84. The zero-order chi connectivity index (χ0) is 13.1. The SMILES string of the molecule is CC(=O)C=Cc1ccc(-c2cccc(Cl)c2Cl)o1. The Morgan fingerprint density at radius 3 is 2.72 bits per heavy atom. The van der Waals surface area contributed by atoms with Gasteiger partial charge in [0, 0.05) is 5.56 Å². The van der Waals surface area contributed by atoms with Gasteiger partial charge in [0.2, 0.25) is 0 Å². The standard InChI is InChI=1S/C14H10Cl2O2/c1-9(17)5-6-10-7-8-13(18-10)11-3-2-4-12(15)14(11)16/h2-8H,1H3. The van der Waals surface area contributed by atoms with E-state index in [-0.39, 0.29) is 5.78 Å². The van der Waals surface area contributed by atoms with Gasteiger partial charge in [-0.1, -0.05) is 29.3 Å². The third-order valence-electron chi connectivity index (χ3n) is 2.33. The summed E-state index contributed by atoms with van der Waals surface area (Å²) in [5.41, 5.74) is 0.728. The number of carbonyl (C=O) groups excluding carboxylic acids is 1. The highest BCUT2D eigenvalue weighted by atomic mass is 35.5. The van der Waals surface area contributed by atoms with Gasteiger partial charge in [-0.2, -0.15) is 0 Å². The Hall–Kier alpha value is -1.51. The Morgan fingerprint density at radius 2 is 2.00 bits per heavy atom. The Morgan fingerprint density at radius 1 is 1.22 bits per heavy atom. The highest BCUT2D eigenvalue weighted by Gasteiger charge is 2.09. The van der Waals surface area contributed by atoms with Gasteiger partial charge in [-0.05, 0) is 43.3 Å². The number of rotatable bonds is 3. The van der Waals surface area contributed by atoms with E-state index in [2.05, 4.69) is 0 Å². The highest BCUT2D eigenvalue weighted by molar-refractivity contribution is 6.43. The zero-order valence-electron chi connectivity index (χ0n) is 9.61. The van der Waals surface area contributed by atoms with Crippen molar-refractivity contribution < 1.29 is 9.21 Å². The fourth-order valence-electron chi connectivity index (χ4n) is 1.48. The Bertz CT molecular complexity index is 612. The average molecular weight is 281 g/mol. The molecule has 18 heavy (non-hydrogen) atoms. The van der Waals surface area contributed by atoms with Crippen molar-refractivity contribution in [3.8, 4) is 11.3 Å². The molecule has 1 aromatic carbocycles. The molecule has 0 radical (unpaired) electrons. The fourth-order valence-corrected chi connectivity index (χ4v) is 1.87. The first-order chi connectivity index (χ1) is 8.58. The number of carbonyl (C=O) groups is 1. The molecule has 0 aliphatic rings. The predicted octanol–water partition coefficient (Wildman–Crippen LogP) is 4.86. The number of hydrogen-bond acceptors (Lipinski definition) is 2. The summed E-state index contributed by atoms with van der Waals surface area (Å²) in [4.78, 5) is 10.8. The lowest BCUT2D eigenvalue weighted by molar-refractivity contribution is -0.112. The predicted molar refractivity (Wildman–Crippen MR) is 73.9 cm³/mol. The van der Waals surface area contributed by atoms with Crippen molar-refractivity contribution in [2.45, 2.75) is 6.92 Å². The molecule has 0 amide bonds. The number of benzene rings is 1. The van der Waals surface area contributed by atoms with Crippen LogP contribution in [0.4, 0.5) is 0 Å². The molecule has 2 rings (SSSR count). The minimum absolute atomic E-state index is 0.0336. The van der Waals surface area contributed by atoms with Crippen LogP contribution in [0.2, 0.25) is 10.0 Å². The normalized spacial score (nSPS) is 11.1. The van der Waals surface area contributed by atoms with Crippen molar-refractivity contribution in [2.24, 2.45) is 0 Å². The smallest absolute Gasteiger partial charge is 0.152 e. The molecule has 1 aromatic heterocycles. The van der Waals surface area contributed by atoms with Crippen molar-refractivity contribution >= 4 is 35.1 Å². The highest BCUT2D eigenvalue weighted by Crippen LogP contribution is 2.34. The number of allylic oxidation sites excluding steroid dienone is 1. The molecule has 0 aliphatic heterocycles. The zero-order valence-corrected chi connectivity index (χ0v) is 11.1. The van der Waals surface area contributed by atoms with Gasteiger partial charge < -0.3 is 4.42 Å². The minimum Gasteiger partial charge on any atom is -0.457 e. The van der Waals surface area contributed by atoms with Crippen LogP contribution in [0.1, 0.15) is 12.7 Å². The van der Waals surface area contributed by atoms with Crippen LogP contribution in [-0.4, -0.2) is 5.78 Å². The second kappa shape index (κ2) is 5.42. The maximum Gasteiger partial charge on any atom is 0.152 e. The van der Waals surface area contributed by atoms with E-state index >= 15 is 0 Å². The summed E-state index contributed by atoms with van der Waals surface area (Å²) in [7, 11) is 0. The van der Waals surface area contributed by atoms with Gasteiger partial charge in [-0.3, -0.25) is 4.79 Å². The van der Waals surface area contributed by atoms with Gasteiger partial charge in [-0.25, -0.2) is 0 Å². The van der Waals surface area contributed by atoms with Crippen LogP contribution in [-0.2, 0) is 4.79 Å². The van der Waals surface area contributed by atoms with E-state index in [1.807, 2.05) is 6.07 Å². The fraction of sp³-hybridized carbons (Fsp3) is 0.0714. The lowest BCUT2D eigenvalue weighted by Crippen LogP contribution is -1.78. The molecule has 0 atom stereocenters. The molecule has 0 unspecified atom stereocenters. The Kier molecular flexibility index (Phi) is 3.90. The van der Waals surface area contributed by atoms with Crippen LogP contribution in [0.3, 0.4) is 0 Å². The van der Waals surface area contributed by atoms with Crippen molar-refractivity contribution in [1.82, 2.24) is 0 Å². The van der Waals surface area contributed by atoms with Crippen LogP contribution in [0, 0.1) is 0 Å². The first kappa shape index (κ1) is 12.9. The number of furan rings is 1. The summed E-state index contributed by atoms with van der Waals surface area (Å²) >= 11 is 12.0. The topological polar surface area (TPSA) is 30.2 Å². The lowest BCUT2D eigenvalue weighted by Gasteiger charge is -2.01. The van der Waals surface area contributed by atoms with Crippen molar-refractivity contribution in [3.63, 3.8) is 0 Å². The minimum atomic E-state index is -0.0336. The summed E-state index contributed by atoms with van der Waals surface area (Å²) in [5, 5.41) is 0.932. The number of ketones is 1. The Labute approximate surface area is 115 Å². The number of hydrogen-bond donors (Lipinski definition) is 0. The van der Waals surface area contributed by atoms with Crippen LogP contribution < -0.4 is 0 Å². The van der Waals surface area contributed by atoms with E-state index in [9.17, 15) is 4.79 Å². The lowest BCUT2D eigenvalue weighted by atomic mass is 10.2. The molecule has 2 aromatic rings. The molecule has 92 valence electrons. The summed E-state index contributed by atoms with van der Waals surface area (Å²) in [5.74, 6) is 1.18. The Balaban J connectivity index is 2.35. The summed E-state index contributed by atoms with van der Waals surface area (Å²) in [6, 6.07) is 8.90. The maximum atomic E-state index is 10.8. The van der Waals surface area contributed by atoms with E-state index in [0.29, 0.717) is 21.6 Å². The molecule has 0 fully saturated rings. The maximum absolute atomic E-state index is 10.8. The van der Waals surface area contributed by atoms with Crippen molar-refractivity contribution in [1.29, 1.82) is 0 Å². The molecule has 2 nitrogen and oxygen atoms in total. The van der Waals surface area contributed by atoms with E-state index in [4.69, 9.17) is 27.6 Å². The average Bonchev–Trinajstić information content (AvgIpc) is 2.78. The van der Waals surface area contributed by atoms with Crippen LogP contribution >= 0.6 is 23.2 Å². The molecular formula is C14H10Cl2O2. The van der Waals surface area contributed by atoms with Gasteiger partial charge in [0.1, 0.15) is 11.5 Å².